The van der Waals surface area contributed by atoms with E-state index in [0.717, 1.165) is 30.0 Å². The molecule has 0 unspecified atom stereocenters. The maximum atomic E-state index is 5.95. The molecular weight excluding hydrogens is 234 g/mol. The first kappa shape index (κ1) is 11.9. The van der Waals surface area contributed by atoms with Crippen LogP contribution in [0.15, 0.2) is 36.7 Å². The van der Waals surface area contributed by atoms with Gasteiger partial charge in [0.25, 0.3) is 0 Å². The average molecular weight is 248 g/mol. The monoisotopic (exact) mass is 247 g/mol. The van der Waals surface area contributed by atoms with Crippen LogP contribution in [-0.4, -0.2) is 16.5 Å². The van der Waals surface area contributed by atoms with E-state index in [-0.39, 0.29) is 0 Å². The van der Waals surface area contributed by atoms with Gasteiger partial charge in [-0.1, -0.05) is 30.7 Å². The van der Waals surface area contributed by atoms with Gasteiger partial charge in [0, 0.05) is 17.1 Å². The Kier molecular flexibility index (Phi) is 3.94. The normalized spacial score (nSPS) is 10.2. The summed E-state index contributed by atoms with van der Waals surface area (Å²) in [6.07, 6.45) is 4.52. The fourth-order valence-corrected chi connectivity index (χ4v) is 1.68. The van der Waals surface area contributed by atoms with Crippen molar-refractivity contribution < 1.29 is 0 Å². The SMILES string of the molecule is CCCNc1cncc(-c2cccc(Cl)c2)n1. The zero-order valence-corrected chi connectivity index (χ0v) is 10.4. The van der Waals surface area contributed by atoms with E-state index in [1.165, 1.54) is 0 Å². The third-order valence-corrected chi connectivity index (χ3v) is 2.55. The first-order valence-corrected chi connectivity index (χ1v) is 5.99. The van der Waals surface area contributed by atoms with Gasteiger partial charge in [-0.05, 0) is 18.6 Å². The van der Waals surface area contributed by atoms with Gasteiger partial charge in [-0.2, -0.15) is 0 Å². The molecule has 0 saturated carbocycles. The fourth-order valence-electron chi connectivity index (χ4n) is 1.49. The van der Waals surface area contributed by atoms with E-state index < -0.39 is 0 Å². The lowest BCUT2D eigenvalue weighted by molar-refractivity contribution is 0.965. The van der Waals surface area contributed by atoms with E-state index in [1.54, 1.807) is 12.4 Å². The van der Waals surface area contributed by atoms with Crippen molar-refractivity contribution >= 4 is 17.4 Å². The van der Waals surface area contributed by atoms with Crippen molar-refractivity contribution in [2.75, 3.05) is 11.9 Å². The topological polar surface area (TPSA) is 37.8 Å². The number of hydrogen-bond acceptors (Lipinski definition) is 3. The van der Waals surface area contributed by atoms with E-state index in [1.807, 2.05) is 24.3 Å². The first-order chi connectivity index (χ1) is 8.29. The molecule has 0 aliphatic heterocycles. The molecule has 1 aromatic heterocycles. The molecule has 0 radical (unpaired) electrons. The van der Waals surface area contributed by atoms with Crippen molar-refractivity contribution in [3.05, 3.63) is 41.7 Å². The molecule has 1 N–H and O–H groups in total. The molecular formula is C13H14ClN3. The van der Waals surface area contributed by atoms with E-state index in [9.17, 15) is 0 Å². The van der Waals surface area contributed by atoms with Crippen LogP contribution in [0.5, 0.6) is 0 Å². The maximum absolute atomic E-state index is 5.95. The molecule has 0 bridgehead atoms. The molecule has 17 heavy (non-hydrogen) atoms. The van der Waals surface area contributed by atoms with Gasteiger partial charge in [0.15, 0.2) is 0 Å². The summed E-state index contributed by atoms with van der Waals surface area (Å²) in [5.41, 5.74) is 1.80. The van der Waals surface area contributed by atoms with Crippen LogP contribution in [0.25, 0.3) is 11.3 Å². The molecule has 4 heteroatoms. The lowest BCUT2D eigenvalue weighted by Crippen LogP contribution is -2.02. The summed E-state index contributed by atoms with van der Waals surface area (Å²) >= 11 is 5.95. The summed E-state index contributed by atoms with van der Waals surface area (Å²) in [4.78, 5) is 8.66. The zero-order chi connectivity index (χ0) is 12.1. The van der Waals surface area contributed by atoms with Crippen molar-refractivity contribution in [1.29, 1.82) is 0 Å². The van der Waals surface area contributed by atoms with Crippen molar-refractivity contribution in [2.24, 2.45) is 0 Å². The van der Waals surface area contributed by atoms with Crippen molar-refractivity contribution in [3.63, 3.8) is 0 Å². The fraction of sp³-hybridized carbons (Fsp3) is 0.231. The van der Waals surface area contributed by atoms with Gasteiger partial charge in [0.05, 0.1) is 18.1 Å². The molecule has 2 aromatic rings. The van der Waals surface area contributed by atoms with Gasteiger partial charge in [-0.3, -0.25) is 4.98 Å². The lowest BCUT2D eigenvalue weighted by atomic mass is 10.2. The molecule has 1 aromatic carbocycles. The Balaban J connectivity index is 2.26. The van der Waals surface area contributed by atoms with Crippen LogP contribution in [0.4, 0.5) is 5.82 Å². The van der Waals surface area contributed by atoms with Gasteiger partial charge in [0.2, 0.25) is 0 Å². The molecule has 2 rings (SSSR count). The van der Waals surface area contributed by atoms with Gasteiger partial charge in [0.1, 0.15) is 5.82 Å². The summed E-state index contributed by atoms with van der Waals surface area (Å²) in [6.45, 7) is 3.01. The Morgan fingerprint density at radius 2 is 2.18 bits per heavy atom. The van der Waals surface area contributed by atoms with E-state index in [0.29, 0.717) is 5.02 Å². The van der Waals surface area contributed by atoms with Crippen LogP contribution in [0.2, 0.25) is 5.02 Å². The van der Waals surface area contributed by atoms with Crippen LogP contribution in [-0.2, 0) is 0 Å². The summed E-state index contributed by atoms with van der Waals surface area (Å²) < 4.78 is 0. The number of anilines is 1. The second kappa shape index (κ2) is 5.64. The third-order valence-electron chi connectivity index (χ3n) is 2.31. The molecule has 3 nitrogen and oxygen atoms in total. The second-order valence-electron chi connectivity index (χ2n) is 3.73. The Morgan fingerprint density at radius 3 is 2.94 bits per heavy atom. The number of benzene rings is 1. The summed E-state index contributed by atoms with van der Waals surface area (Å²) in [5.74, 6) is 0.796. The van der Waals surface area contributed by atoms with Crippen LogP contribution in [0.3, 0.4) is 0 Å². The van der Waals surface area contributed by atoms with Gasteiger partial charge in [-0.15, -0.1) is 0 Å². The number of aromatic nitrogens is 2. The molecule has 0 spiro atoms. The summed E-state index contributed by atoms with van der Waals surface area (Å²) in [5, 5.41) is 3.92. The number of hydrogen-bond donors (Lipinski definition) is 1. The summed E-state index contributed by atoms with van der Waals surface area (Å²) in [7, 11) is 0. The molecule has 0 fully saturated rings. The maximum Gasteiger partial charge on any atom is 0.145 e. The van der Waals surface area contributed by atoms with Crippen molar-refractivity contribution in [3.8, 4) is 11.3 Å². The minimum absolute atomic E-state index is 0.705. The van der Waals surface area contributed by atoms with Crippen molar-refractivity contribution in [2.45, 2.75) is 13.3 Å². The zero-order valence-electron chi connectivity index (χ0n) is 9.65. The highest BCUT2D eigenvalue weighted by molar-refractivity contribution is 6.30. The van der Waals surface area contributed by atoms with Crippen LogP contribution >= 0.6 is 11.6 Å². The second-order valence-corrected chi connectivity index (χ2v) is 4.16. The number of nitrogens with zero attached hydrogens (tertiary/aromatic N) is 2. The molecule has 0 aliphatic rings. The minimum atomic E-state index is 0.705. The molecule has 0 atom stereocenters. The highest BCUT2D eigenvalue weighted by Gasteiger charge is 2.02. The summed E-state index contributed by atoms with van der Waals surface area (Å²) in [6, 6.07) is 7.61. The lowest BCUT2D eigenvalue weighted by Gasteiger charge is -2.06. The Hall–Kier alpha value is -1.61. The molecule has 88 valence electrons. The molecule has 0 saturated heterocycles. The number of halogens is 1. The van der Waals surface area contributed by atoms with Crippen molar-refractivity contribution in [1.82, 2.24) is 9.97 Å². The van der Waals surface area contributed by atoms with E-state index in [2.05, 4.69) is 22.2 Å². The smallest absolute Gasteiger partial charge is 0.145 e. The molecule has 1 heterocycles. The largest absolute Gasteiger partial charge is 0.369 e. The standard InChI is InChI=1S/C13H14ClN3/c1-2-6-16-13-9-15-8-12(17-13)10-4-3-5-11(14)7-10/h3-5,7-9H,2,6H2,1H3,(H,16,17). The third kappa shape index (κ3) is 3.17. The van der Waals surface area contributed by atoms with Crippen LogP contribution in [0.1, 0.15) is 13.3 Å². The highest BCUT2D eigenvalue weighted by Crippen LogP contribution is 2.21. The van der Waals surface area contributed by atoms with E-state index >= 15 is 0 Å². The predicted octanol–water partition coefficient (Wildman–Crippen LogP) is 3.62. The van der Waals surface area contributed by atoms with Gasteiger partial charge < -0.3 is 5.32 Å². The Labute approximate surface area is 106 Å². The minimum Gasteiger partial charge on any atom is -0.369 e. The molecule has 0 aliphatic carbocycles. The molecule has 0 amide bonds. The van der Waals surface area contributed by atoms with Crippen LogP contribution in [0, 0.1) is 0 Å². The van der Waals surface area contributed by atoms with E-state index in [4.69, 9.17) is 11.6 Å². The van der Waals surface area contributed by atoms with Gasteiger partial charge in [-0.25, -0.2) is 4.98 Å². The Bertz CT molecular complexity index is 500. The highest BCUT2D eigenvalue weighted by atomic mass is 35.5. The Morgan fingerprint density at radius 1 is 1.29 bits per heavy atom. The van der Waals surface area contributed by atoms with Gasteiger partial charge >= 0.3 is 0 Å². The number of nitrogens with one attached hydrogen (secondary N) is 1. The number of rotatable bonds is 4. The first-order valence-electron chi connectivity index (χ1n) is 5.61. The quantitative estimate of drug-likeness (QED) is 0.897. The van der Waals surface area contributed by atoms with Crippen LogP contribution < -0.4 is 5.32 Å². The predicted molar refractivity (Wildman–Crippen MR) is 71.3 cm³/mol. The average Bonchev–Trinajstić information content (AvgIpc) is 2.37.